The number of nitro groups is 1. The van der Waals surface area contributed by atoms with Crippen LogP contribution in [0.25, 0.3) is 0 Å². The summed E-state index contributed by atoms with van der Waals surface area (Å²) in [6.07, 6.45) is 0. The van der Waals surface area contributed by atoms with Crippen molar-refractivity contribution in [2.24, 2.45) is 5.84 Å². The Morgan fingerprint density at radius 2 is 2.09 bits per heavy atom. The van der Waals surface area contributed by atoms with Crippen molar-refractivity contribution in [3.05, 3.63) is 51.2 Å². The summed E-state index contributed by atoms with van der Waals surface area (Å²) in [7, 11) is 0. The Kier molecular flexibility index (Phi) is 4.92. The molecule has 0 saturated carbocycles. The smallest absolute Gasteiger partial charge is 0.338 e. The van der Waals surface area contributed by atoms with Crippen LogP contribution in [0.15, 0.2) is 35.5 Å². The minimum absolute atomic E-state index is 0.0361. The zero-order valence-electron chi connectivity index (χ0n) is 12.6. The lowest BCUT2D eigenvalue weighted by atomic mass is 9.95. The van der Waals surface area contributed by atoms with Gasteiger partial charge in [0.1, 0.15) is 0 Å². The molecule has 1 aromatic rings. The molecule has 3 N–H and O–H groups in total. The van der Waals surface area contributed by atoms with Crippen LogP contribution < -0.4 is 11.2 Å². The lowest BCUT2D eigenvalue weighted by Gasteiger charge is -2.34. The van der Waals surface area contributed by atoms with Gasteiger partial charge in [0.15, 0.2) is 5.11 Å². The first-order valence-electron chi connectivity index (χ1n) is 6.84. The largest absolute Gasteiger partial charge is 0.463 e. The number of hydrazine groups is 1. The van der Waals surface area contributed by atoms with Gasteiger partial charge in [0.25, 0.3) is 5.69 Å². The molecule has 0 spiro atoms. The lowest BCUT2D eigenvalue weighted by molar-refractivity contribution is -0.384. The number of nitro benzene ring substituents is 1. The predicted octanol–water partition coefficient (Wildman–Crippen LogP) is 1.54. The van der Waals surface area contributed by atoms with Gasteiger partial charge in [0, 0.05) is 17.8 Å². The summed E-state index contributed by atoms with van der Waals surface area (Å²) in [6, 6.07) is 5.29. The molecule has 1 heterocycles. The summed E-state index contributed by atoms with van der Waals surface area (Å²) < 4.78 is 5.08. The summed E-state index contributed by atoms with van der Waals surface area (Å²) in [4.78, 5) is 22.5. The number of ether oxygens (including phenoxy) is 1. The second-order valence-corrected chi connectivity index (χ2v) is 5.21. The number of carbonyl (C=O) groups excluding carboxylic acids is 1. The van der Waals surface area contributed by atoms with Crippen molar-refractivity contribution in [3.8, 4) is 0 Å². The van der Waals surface area contributed by atoms with E-state index in [4.69, 9.17) is 22.8 Å². The van der Waals surface area contributed by atoms with Gasteiger partial charge in [-0.2, -0.15) is 0 Å². The first kappa shape index (κ1) is 16.8. The summed E-state index contributed by atoms with van der Waals surface area (Å²) in [6.45, 7) is 3.59. The van der Waals surface area contributed by atoms with Gasteiger partial charge < -0.3 is 10.1 Å². The van der Waals surface area contributed by atoms with Gasteiger partial charge in [-0.15, -0.1) is 0 Å². The fourth-order valence-corrected chi connectivity index (χ4v) is 2.52. The first-order valence-corrected chi connectivity index (χ1v) is 7.25. The number of hydrogen-bond acceptors (Lipinski definition) is 6. The zero-order valence-corrected chi connectivity index (χ0v) is 13.4. The van der Waals surface area contributed by atoms with Crippen LogP contribution in [0.3, 0.4) is 0 Å². The van der Waals surface area contributed by atoms with Gasteiger partial charge in [-0.25, -0.2) is 10.6 Å². The molecule has 0 aliphatic carbocycles. The van der Waals surface area contributed by atoms with E-state index in [1.807, 2.05) is 0 Å². The molecule has 0 saturated heterocycles. The van der Waals surface area contributed by atoms with E-state index in [1.165, 1.54) is 17.1 Å². The lowest BCUT2D eigenvalue weighted by Crippen LogP contribution is -2.50. The third kappa shape index (κ3) is 3.30. The van der Waals surface area contributed by atoms with E-state index in [9.17, 15) is 14.9 Å². The number of carbonyl (C=O) groups is 1. The fraction of sp³-hybridized carbons (Fsp3) is 0.286. The van der Waals surface area contributed by atoms with Crippen LogP contribution in [0.4, 0.5) is 5.69 Å². The summed E-state index contributed by atoms with van der Waals surface area (Å²) in [5.41, 5.74) is 1.40. The van der Waals surface area contributed by atoms with Crippen molar-refractivity contribution in [1.82, 2.24) is 10.3 Å². The van der Waals surface area contributed by atoms with Gasteiger partial charge >= 0.3 is 5.97 Å². The van der Waals surface area contributed by atoms with Crippen molar-refractivity contribution in [2.75, 3.05) is 6.61 Å². The quantitative estimate of drug-likeness (QED) is 0.280. The molecule has 0 bridgehead atoms. The average Bonchev–Trinajstić information content (AvgIpc) is 2.52. The van der Waals surface area contributed by atoms with Gasteiger partial charge in [-0.05, 0) is 43.8 Å². The average molecular weight is 336 g/mol. The second kappa shape index (κ2) is 6.71. The monoisotopic (exact) mass is 336 g/mol. The third-order valence-corrected chi connectivity index (χ3v) is 3.77. The maximum Gasteiger partial charge on any atom is 0.338 e. The number of nitrogens with two attached hydrogens (primary N) is 1. The number of esters is 1. The van der Waals surface area contributed by atoms with Gasteiger partial charge in [-0.1, -0.05) is 0 Å². The van der Waals surface area contributed by atoms with Gasteiger partial charge in [0.05, 0.1) is 23.1 Å². The van der Waals surface area contributed by atoms with Crippen molar-refractivity contribution in [2.45, 2.75) is 19.9 Å². The van der Waals surface area contributed by atoms with E-state index < -0.39 is 16.9 Å². The molecule has 0 amide bonds. The van der Waals surface area contributed by atoms with E-state index in [0.717, 1.165) is 0 Å². The molecule has 8 nitrogen and oxygen atoms in total. The second-order valence-electron chi connectivity index (χ2n) is 4.82. The molecule has 1 aromatic carbocycles. The van der Waals surface area contributed by atoms with Crippen LogP contribution >= 0.6 is 12.2 Å². The first-order chi connectivity index (χ1) is 10.9. The summed E-state index contributed by atoms with van der Waals surface area (Å²) in [5, 5.41) is 15.2. The number of benzene rings is 1. The topological polar surface area (TPSA) is 111 Å². The minimum Gasteiger partial charge on any atom is -0.463 e. The van der Waals surface area contributed by atoms with E-state index >= 15 is 0 Å². The van der Waals surface area contributed by atoms with E-state index in [-0.39, 0.29) is 17.4 Å². The molecule has 1 aliphatic heterocycles. The summed E-state index contributed by atoms with van der Waals surface area (Å²) in [5.74, 6) is 5.31. The molecule has 23 heavy (non-hydrogen) atoms. The highest BCUT2D eigenvalue weighted by atomic mass is 32.1. The van der Waals surface area contributed by atoms with Crippen molar-refractivity contribution in [1.29, 1.82) is 0 Å². The van der Waals surface area contributed by atoms with Crippen LogP contribution in [0.5, 0.6) is 0 Å². The molecule has 1 aliphatic rings. The van der Waals surface area contributed by atoms with E-state index in [0.29, 0.717) is 16.8 Å². The molecule has 122 valence electrons. The molecule has 2 rings (SSSR count). The molecular weight excluding hydrogens is 320 g/mol. The predicted molar refractivity (Wildman–Crippen MR) is 86.9 cm³/mol. The van der Waals surface area contributed by atoms with E-state index in [1.54, 1.807) is 26.0 Å². The van der Waals surface area contributed by atoms with Crippen molar-refractivity contribution < 1.29 is 14.5 Å². The maximum atomic E-state index is 12.3. The highest BCUT2D eigenvalue weighted by Gasteiger charge is 2.33. The normalized spacial score (nSPS) is 17.8. The Balaban J connectivity index is 2.46. The number of hydrogen-bond donors (Lipinski definition) is 2. The van der Waals surface area contributed by atoms with Crippen LogP contribution in [-0.2, 0) is 9.53 Å². The summed E-state index contributed by atoms with van der Waals surface area (Å²) >= 11 is 5.15. The number of allylic oxidation sites excluding steroid dienone is 1. The number of nitrogens with zero attached hydrogens (tertiary/aromatic N) is 2. The Labute approximate surface area is 138 Å². The van der Waals surface area contributed by atoms with Gasteiger partial charge in [-0.3, -0.25) is 15.1 Å². The number of rotatable bonds is 4. The molecular formula is C14H16N4O4S. The fourth-order valence-electron chi connectivity index (χ4n) is 2.27. The molecule has 0 unspecified atom stereocenters. The Bertz CT molecular complexity index is 687. The Morgan fingerprint density at radius 1 is 1.48 bits per heavy atom. The van der Waals surface area contributed by atoms with Crippen molar-refractivity contribution in [3.63, 3.8) is 0 Å². The van der Waals surface area contributed by atoms with Gasteiger partial charge in [0.2, 0.25) is 0 Å². The molecule has 0 radical (unpaired) electrons. The standard InChI is InChI=1S/C14H16N4O4S/c1-3-22-13(19)11-8(2)17(15)14(23)16-12(11)9-4-6-10(7-5-9)18(20)21/h4-7,12H,3,15H2,1-2H3,(H,16,23)/t12-/m0/s1. The van der Waals surface area contributed by atoms with Crippen LogP contribution in [0.1, 0.15) is 25.5 Å². The highest BCUT2D eigenvalue weighted by Crippen LogP contribution is 2.31. The Hall–Kier alpha value is -2.52. The van der Waals surface area contributed by atoms with Crippen LogP contribution in [0, 0.1) is 10.1 Å². The number of nitrogens with one attached hydrogen (secondary N) is 1. The van der Waals surface area contributed by atoms with Crippen LogP contribution in [0.2, 0.25) is 0 Å². The van der Waals surface area contributed by atoms with Crippen LogP contribution in [-0.4, -0.2) is 27.6 Å². The van der Waals surface area contributed by atoms with E-state index in [2.05, 4.69) is 5.32 Å². The highest BCUT2D eigenvalue weighted by molar-refractivity contribution is 7.80. The van der Waals surface area contributed by atoms with Crippen molar-refractivity contribution >= 4 is 29.0 Å². The number of thiocarbonyl (C=S) groups is 1. The maximum absolute atomic E-state index is 12.3. The molecule has 0 aromatic heterocycles. The number of non-ortho nitro benzene ring substituents is 1. The minimum atomic E-state index is -0.581. The molecule has 1 atom stereocenters. The Morgan fingerprint density at radius 3 is 2.61 bits per heavy atom. The third-order valence-electron chi connectivity index (χ3n) is 3.46. The SMILES string of the molecule is CCOC(=O)C1=C(C)N(N)C(=S)N[C@H]1c1ccc([N+](=O)[O-])cc1. The molecule has 0 fully saturated rings. The molecule has 9 heteroatoms. The zero-order chi connectivity index (χ0) is 17.1.